The predicted molar refractivity (Wildman–Crippen MR) is 121 cm³/mol. The van der Waals surface area contributed by atoms with Gasteiger partial charge in [0.2, 0.25) is 0 Å². The molecule has 0 saturated heterocycles. The number of rotatable bonds is 9. The van der Waals surface area contributed by atoms with Crippen LogP contribution in [0.5, 0.6) is 0 Å². The van der Waals surface area contributed by atoms with Crippen LogP contribution in [0.15, 0.2) is 29.3 Å². The highest BCUT2D eigenvalue weighted by molar-refractivity contribution is 14.0. The van der Waals surface area contributed by atoms with Gasteiger partial charge in [0.25, 0.3) is 0 Å². The molecule has 1 atom stereocenters. The van der Waals surface area contributed by atoms with Crippen molar-refractivity contribution in [1.29, 1.82) is 0 Å². The number of hydrogen-bond donors (Lipinski definition) is 2. The molecule has 0 radical (unpaired) electrons. The van der Waals surface area contributed by atoms with Gasteiger partial charge >= 0.3 is 0 Å². The van der Waals surface area contributed by atoms with Crippen LogP contribution < -0.4 is 10.6 Å². The Bertz CT molecular complexity index is 538. The Kier molecular flexibility index (Phi) is 11.9. The fraction of sp³-hybridized carbons (Fsp3) is 0.650. The van der Waals surface area contributed by atoms with E-state index in [1.165, 1.54) is 11.1 Å². The van der Waals surface area contributed by atoms with Gasteiger partial charge in [-0.25, -0.2) is 0 Å². The molecule has 0 aromatic heterocycles. The molecule has 2 N–H and O–H groups in total. The Balaban J connectivity index is 0.00000338. The van der Waals surface area contributed by atoms with E-state index in [0.717, 1.165) is 64.6 Å². The van der Waals surface area contributed by atoms with Crippen molar-refractivity contribution in [2.75, 3.05) is 39.9 Å². The third-order valence-corrected chi connectivity index (χ3v) is 4.78. The molecule has 1 aromatic carbocycles. The van der Waals surface area contributed by atoms with E-state index in [1.807, 2.05) is 14.0 Å². The molecule has 1 aliphatic rings. The summed E-state index contributed by atoms with van der Waals surface area (Å²) >= 11 is 0. The van der Waals surface area contributed by atoms with Crippen LogP contribution in [0.4, 0.5) is 0 Å². The van der Waals surface area contributed by atoms with Crippen molar-refractivity contribution in [3.8, 4) is 0 Å². The van der Waals surface area contributed by atoms with Crippen molar-refractivity contribution < 1.29 is 4.74 Å². The Morgan fingerprint density at radius 2 is 2.00 bits per heavy atom. The fourth-order valence-corrected chi connectivity index (χ4v) is 3.17. The molecule has 0 aliphatic carbocycles. The maximum absolute atomic E-state index is 5.36. The van der Waals surface area contributed by atoms with E-state index in [1.54, 1.807) is 0 Å². The molecule has 1 aliphatic heterocycles. The van der Waals surface area contributed by atoms with E-state index >= 15 is 0 Å². The molecule has 0 saturated carbocycles. The molecule has 0 fully saturated rings. The van der Waals surface area contributed by atoms with E-state index in [4.69, 9.17) is 4.74 Å². The first-order chi connectivity index (χ1) is 12.2. The first kappa shape index (κ1) is 23.2. The Labute approximate surface area is 176 Å². The van der Waals surface area contributed by atoms with E-state index in [9.17, 15) is 0 Å². The number of fused-ring (bicyclic) bond motifs is 1. The van der Waals surface area contributed by atoms with Crippen molar-refractivity contribution >= 4 is 29.9 Å². The molecule has 1 aromatic rings. The van der Waals surface area contributed by atoms with Crippen LogP contribution in [0.1, 0.15) is 37.8 Å². The van der Waals surface area contributed by atoms with Gasteiger partial charge < -0.3 is 15.4 Å². The van der Waals surface area contributed by atoms with Gasteiger partial charge in [-0.05, 0) is 44.2 Å². The summed E-state index contributed by atoms with van der Waals surface area (Å²) in [4.78, 5) is 6.87. The van der Waals surface area contributed by atoms with Gasteiger partial charge in [0.15, 0.2) is 5.96 Å². The van der Waals surface area contributed by atoms with Gasteiger partial charge in [-0.2, -0.15) is 0 Å². The van der Waals surface area contributed by atoms with Crippen LogP contribution in [0.2, 0.25) is 0 Å². The number of aliphatic imine (C=N–C) groups is 1. The predicted octanol–water partition coefficient (Wildman–Crippen LogP) is 3.03. The summed E-state index contributed by atoms with van der Waals surface area (Å²) in [5, 5.41) is 6.84. The van der Waals surface area contributed by atoms with E-state index < -0.39 is 0 Å². The quantitative estimate of drug-likeness (QED) is 0.250. The van der Waals surface area contributed by atoms with E-state index in [-0.39, 0.29) is 24.0 Å². The zero-order valence-electron chi connectivity index (χ0n) is 16.5. The molecule has 148 valence electrons. The molecular weight excluding hydrogens is 439 g/mol. The highest BCUT2D eigenvalue weighted by Crippen LogP contribution is 2.19. The van der Waals surface area contributed by atoms with Crippen LogP contribution in [0.25, 0.3) is 0 Å². The summed E-state index contributed by atoms with van der Waals surface area (Å²) in [5.41, 5.74) is 2.97. The van der Waals surface area contributed by atoms with Crippen LogP contribution in [0, 0.1) is 0 Å². The molecule has 5 nitrogen and oxygen atoms in total. The zero-order valence-corrected chi connectivity index (χ0v) is 18.8. The lowest BCUT2D eigenvalue weighted by Crippen LogP contribution is -2.47. The first-order valence-corrected chi connectivity index (χ1v) is 9.57. The van der Waals surface area contributed by atoms with Crippen molar-refractivity contribution in [3.05, 3.63) is 35.4 Å². The maximum Gasteiger partial charge on any atom is 0.191 e. The van der Waals surface area contributed by atoms with Crippen LogP contribution in [-0.4, -0.2) is 56.8 Å². The zero-order chi connectivity index (χ0) is 17.9. The number of nitrogens with one attached hydrogen (secondary N) is 2. The minimum atomic E-state index is 0. The van der Waals surface area contributed by atoms with Gasteiger partial charge in [0, 0.05) is 52.5 Å². The second kappa shape index (κ2) is 13.3. The Morgan fingerprint density at radius 3 is 2.73 bits per heavy atom. The van der Waals surface area contributed by atoms with Crippen molar-refractivity contribution in [2.45, 2.75) is 45.7 Å². The Morgan fingerprint density at radius 1 is 1.23 bits per heavy atom. The number of guanidine groups is 1. The molecule has 0 spiro atoms. The summed E-state index contributed by atoms with van der Waals surface area (Å²) in [5.74, 6) is 0.890. The van der Waals surface area contributed by atoms with Crippen LogP contribution in [0.3, 0.4) is 0 Å². The number of benzene rings is 1. The molecule has 1 heterocycles. The summed E-state index contributed by atoms with van der Waals surface area (Å²) in [6.45, 7) is 9.97. The van der Waals surface area contributed by atoms with Crippen LogP contribution in [-0.2, 0) is 17.7 Å². The van der Waals surface area contributed by atoms with E-state index in [0.29, 0.717) is 6.04 Å². The minimum absolute atomic E-state index is 0. The fourth-order valence-electron chi connectivity index (χ4n) is 3.17. The molecular formula is C20H35IN4O. The summed E-state index contributed by atoms with van der Waals surface area (Å²) in [7, 11) is 1.83. The number of halogens is 1. The molecule has 26 heavy (non-hydrogen) atoms. The summed E-state index contributed by atoms with van der Waals surface area (Å²) < 4.78 is 5.36. The van der Waals surface area contributed by atoms with E-state index in [2.05, 4.69) is 51.7 Å². The van der Waals surface area contributed by atoms with Crippen molar-refractivity contribution in [1.82, 2.24) is 15.5 Å². The average Bonchev–Trinajstić information content (AvgIpc) is 2.66. The second-order valence-corrected chi connectivity index (χ2v) is 6.62. The molecule has 1 unspecified atom stereocenters. The second-order valence-electron chi connectivity index (χ2n) is 6.62. The largest absolute Gasteiger partial charge is 0.382 e. The summed E-state index contributed by atoms with van der Waals surface area (Å²) in [6.07, 6.45) is 3.33. The summed E-state index contributed by atoms with van der Waals surface area (Å²) in [6, 6.07) is 9.27. The molecule has 2 rings (SSSR count). The van der Waals surface area contributed by atoms with Crippen molar-refractivity contribution in [2.24, 2.45) is 4.99 Å². The molecule has 0 amide bonds. The van der Waals surface area contributed by atoms with Gasteiger partial charge in [-0.1, -0.05) is 24.3 Å². The number of ether oxygens (including phenoxy) is 1. The lowest BCUT2D eigenvalue weighted by Gasteiger charge is -2.34. The number of hydrogen-bond acceptors (Lipinski definition) is 3. The lowest BCUT2D eigenvalue weighted by molar-refractivity contribution is 0.143. The Hall–Kier alpha value is -0.860. The molecule has 0 bridgehead atoms. The highest BCUT2D eigenvalue weighted by Gasteiger charge is 2.20. The number of unbranched alkanes of at least 4 members (excludes halogenated alkanes) is 1. The smallest absolute Gasteiger partial charge is 0.191 e. The van der Waals surface area contributed by atoms with Gasteiger partial charge in [0.1, 0.15) is 0 Å². The van der Waals surface area contributed by atoms with Gasteiger partial charge in [0.05, 0.1) is 0 Å². The van der Waals surface area contributed by atoms with Gasteiger partial charge in [-0.3, -0.25) is 9.89 Å². The highest BCUT2D eigenvalue weighted by atomic mass is 127. The van der Waals surface area contributed by atoms with Crippen LogP contribution >= 0.6 is 24.0 Å². The molecule has 6 heteroatoms. The minimum Gasteiger partial charge on any atom is -0.382 e. The normalized spacial score (nSPS) is 15.7. The topological polar surface area (TPSA) is 48.9 Å². The third kappa shape index (κ3) is 7.80. The monoisotopic (exact) mass is 474 g/mol. The average molecular weight is 474 g/mol. The maximum atomic E-state index is 5.36. The first-order valence-electron chi connectivity index (χ1n) is 9.57. The standard InChI is InChI=1S/C20H34N4O.HI/c1-4-25-14-8-7-12-22-20(21-3)23-15-17(2)24-13-11-18-9-5-6-10-19(18)16-24;/h5-6,9-10,17H,4,7-8,11-16H2,1-3H3,(H2,21,22,23);1H. The van der Waals surface area contributed by atoms with Gasteiger partial charge in [-0.15, -0.1) is 24.0 Å². The number of nitrogens with zero attached hydrogens (tertiary/aromatic N) is 2. The van der Waals surface area contributed by atoms with Crippen molar-refractivity contribution in [3.63, 3.8) is 0 Å². The third-order valence-electron chi connectivity index (χ3n) is 4.78. The lowest BCUT2D eigenvalue weighted by atomic mass is 9.99. The SMILES string of the molecule is CCOCCCCNC(=NC)NCC(C)N1CCc2ccccc2C1.I.